The fourth-order valence-corrected chi connectivity index (χ4v) is 1.75. The van der Waals surface area contributed by atoms with Gasteiger partial charge in [-0.05, 0) is 5.56 Å². The van der Waals surface area contributed by atoms with E-state index < -0.39 is 6.10 Å². The Bertz CT molecular complexity index is 402. The molecule has 0 aliphatic carbocycles. The summed E-state index contributed by atoms with van der Waals surface area (Å²) in [6, 6.07) is 9.33. The van der Waals surface area contributed by atoms with Crippen molar-refractivity contribution in [1.82, 2.24) is 5.32 Å². The van der Waals surface area contributed by atoms with Crippen LogP contribution in [-0.4, -0.2) is 18.4 Å². The quantitative estimate of drug-likeness (QED) is 0.610. The minimum absolute atomic E-state index is 0.0601. The largest absolute Gasteiger partial charge is 0.457 e. The molecule has 1 aromatic carbocycles. The smallest absolute Gasteiger partial charge is 0.303 e. The Morgan fingerprint density at radius 1 is 1.44 bits per heavy atom. The van der Waals surface area contributed by atoms with E-state index in [1.165, 1.54) is 6.92 Å². The summed E-state index contributed by atoms with van der Waals surface area (Å²) < 4.78 is 5.21. The number of carbonyl (C=O) groups is 2. The Labute approximate surface area is 93.6 Å². The molecule has 2 atom stereocenters. The summed E-state index contributed by atoms with van der Waals surface area (Å²) in [6.45, 7) is 1.91. The topological polar surface area (TPSA) is 55.4 Å². The number of ether oxygens (including phenoxy) is 1. The van der Waals surface area contributed by atoms with Crippen molar-refractivity contribution >= 4 is 11.9 Å². The van der Waals surface area contributed by atoms with Gasteiger partial charge in [0.2, 0.25) is 5.91 Å². The van der Waals surface area contributed by atoms with Crippen LogP contribution in [0.25, 0.3) is 0 Å². The highest BCUT2D eigenvalue weighted by atomic mass is 16.5. The minimum Gasteiger partial charge on any atom is -0.457 e. The second kappa shape index (κ2) is 4.35. The molecule has 1 aromatic rings. The molecular formula is C12H13NO3. The van der Waals surface area contributed by atoms with Gasteiger partial charge in [0.05, 0.1) is 5.92 Å². The molecule has 1 aliphatic heterocycles. The molecule has 1 saturated heterocycles. The lowest BCUT2D eigenvalue weighted by Crippen LogP contribution is -2.52. The van der Waals surface area contributed by atoms with Gasteiger partial charge in [-0.2, -0.15) is 0 Å². The molecule has 0 aromatic heterocycles. The van der Waals surface area contributed by atoms with E-state index in [9.17, 15) is 9.59 Å². The summed E-state index contributed by atoms with van der Waals surface area (Å²) in [5.74, 6) is -0.685. The number of benzene rings is 1. The van der Waals surface area contributed by atoms with Gasteiger partial charge in [0.25, 0.3) is 0 Å². The third-order valence-electron chi connectivity index (χ3n) is 2.62. The van der Waals surface area contributed by atoms with Crippen molar-refractivity contribution in [3.8, 4) is 0 Å². The number of hydrogen-bond donors (Lipinski definition) is 1. The van der Waals surface area contributed by atoms with E-state index in [2.05, 4.69) is 5.32 Å². The molecule has 84 valence electrons. The molecule has 0 spiro atoms. The van der Waals surface area contributed by atoms with Crippen molar-refractivity contribution in [1.29, 1.82) is 0 Å². The second-order valence-corrected chi connectivity index (χ2v) is 3.79. The van der Waals surface area contributed by atoms with Gasteiger partial charge < -0.3 is 10.1 Å². The molecular weight excluding hydrogens is 206 g/mol. The summed E-state index contributed by atoms with van der Waals surface area (Å²) in [4.78, 5) is 22.3. The van der Waals surface area contributed by atoms with E-state index in [4.69, 9.17) is 4.74 Å². The summed E-state index contributed by atoms with van der Waals surface area (Å²) in [5, 5.41) is 2.65. The zero-order valence-electron chi connectivity index (χ0n) is 8.97. The van der Waals surface area contributed by atoms with Gasteiger partial charge in [-0.15, -0.1) is 0 Å². The molecule has 1 heterocycles. The number of amides is 1. The van der Waals surface area contributed by atoms with Crippen LogP contribution < -0.4 is 5.32 Å². The number of rotatable bonds is 3. The van der Waals surface area contributed by atoms with E-state index in [-0.39, 0.29) is 17.8 Å². The van der Waals surface area contributed by atoms with Crippen LogP contribution in [-0.2, 0) is 14.3 Å². The lowest BCUT2D eigenvalue weighted by molar-refractivity contribution is -0.155. The lowest BCUT2D eigenvalue weighted by Gasteiger charge is -2.32. The molecule has 1 aliphatic rings. The van der Waals surface area contributed by atoms with Gasteiger partial charge in [0.1, 0.15) is 6.10 Å². The van der Waals surface area contributed by atoms with Crippen molar-refractivity contribution in [2.75, 3.05) is 6.54 Å². The highest BCUT2D eigenvalue weighted by Gasteiger charge is 2.38. The van der Waals surface area contributed by atoms with Crippen LogP contribution in [0.1, 0.15) is 18.6 Å². The van der Waals surface area contributed by atoms with Crippen molar-refractivity contribution in [3.05, 3.63) is 35.9 Å². The number of carbonyl (C=O) groups excluding carboxylic acids is 2. The zero-order chi connectivity index (χ0) is 11.5. The maximum absolute atomic E-state index is 11.3. The predicted octanol–water partition coefficient (Wildman–Crippen LogP) is 1.04. The first kappa shape index (κ1) is 10.7. The Kier molecular flexibility index (Phi) is 2.90. The van der Waals surface area contributed by atoms with Crippen LogP contribution in [0.2, 0.25) is 0 Å². The van der Waals surface area contributed by atoms with Crippen LogP contribution in [0.4, 0.5) is 0 Å². The third kappa shape index (κ3) is 2.05. The molecule has 1 amide bonds. The van der Waals surface area contributed by atoms with Crippen molar-refractivity contribution in [3.63, 3.8) is 0 Å². The third-order valence-corrected chi connectivity index (χ3v) is 2.62. The van der Waals surface area contributed by atoms with Crippen LogP contribution in [0.3, 0.4) is 0 Å². The lowest BCUT2D eigenvalue weighted by atomic mass is 9.90. The van der Waals surface area contributed by atoms with Crippen LogP contribution >= 0.6 is 0 Å². The molecule has 0 radical (unpaired) electrons. The van der Waals surface area contributed by atoms with Gasteiger partial charge in [-0.3, -0.25) is 9.59 Å². The summed E-state index contributed by atoms with van der Waals surface area (Å²) in [6.07, 6.45) is -0.465. The number of hydrogen-bond acceptors (Lipinski definition) is 3. The molecule has 16 heavy (non-hydrogen) atoms. The van der Waals surface area contributed by atoms with E-state index >= 15 is 0 Å². The van der Waals surface area contributed by atoms with Gasteiger partial charge in [-0.25, -0.2) is 0 Å². The fraction of sp³-hybridized carbons (Fsp3) is 0.333. The van der Waals surface area contributed by atoms with Crippen molar-refractivity contribution < 1.29 is 14.3 Å². The predicted molar refractivity (Wildman–Crippen MR) is 57.4 cm³/mol. The van der Waals surface area contributed by atoms with E-state index in [1.54, 1.807) is 0 Å². The molecule has 1 N–H and O–H groups in total. The first-order valence-electron chi connectivity index (χ1n) is 5.18. The number of nitrogens with one attached hydrogen (secondary N) is 1. The summed E-state index contributed by atoms with van der Waals surface area (Å²) in [5.41, 5.74) is 0.859. The Hall–Kier alpha value is -1.84. The minimum atomic E-state index is -0.465. The highest BCUT2D eigenvalue weighted by molar-refractivity contribution is 5.85. The van der Waals surface area contributed by atoms with Crippen LogP contribution in [0, 0.1) is 5.92 Å². The molecule has 2 unspecified atom stereocenters. The van der Waals surface area contributed by atoms with E-state index in [1.807, 2.05) is 30.3 Å². The number of β-lactam (4-membered cyclic amide) rings is 1. The first-order chi connectivity index (χ1) is 7.68. The fourth-order valence-electron chi connectivity index (χ4n) is 1.75. The Morgan fingerprint density at radius 2 is 2.12 bits per heavy atom. The van der Waals surface area contributed by atoms with E-state index in [0.717, 1.165) is 5.56 Å². The number of esters is 1. The first-order valence-corrected chi connectivity index (χ1v) is 5.18. The SMILES string of the molecule is CC(=O)OC(c1ccccc1)C1CNC1=O. The highest BCUT2D eigenvalue weighted by Crippen LogP contribution is 2.29. The second-order valence-electron chi connectivity index (χ2n) is 3.79. The summed E-state index contributed by atoms with van der Waals surface area (Å²) in [7, 11) is 0. The van der Waals surface area contributed by atoms with Crippen molar-refractivity contribution in [2.45, 2.75) is 13.0 Å². The van der Waals surface area contributed by atoms with Gasteiger partial charge in [0, 0.05) is 13.5 Å². The Balaban J connectivity index is 2.21. The molecule has 0 bridgehead atoms. The van der Waals surface area contributed by atoms with Crippen molar-refractivity contribution in [2.24, 2.45) is 5.92 Å². The van der Waals surface area contributed by atoms with Crippen LogP contribution in [0.15, 0.2) is 30.3 Å². The molecule has 4 nitrogen and oxygen atoms in total. The van der Waals surface area contributed by atoms with Gasteiger partial charge in [0.15, 0.2) is 0 Å². The standard InChI is InChI=1S/C12H13NO3/c1-8(14)16-11(10-7-13-12(10)15)9-5-3-2-4-6-9/h2-6,10-11H,7H2,1H3,(H,13,15). The zero-order valence-corrected chi connectivity index (χ0v) is 8.97. The molecule has 4 heteroatoms. The maximum Gasteiger partial charge on any atom is 0.303 e. The normalized spacial score (nSPS) is 20.6. The van der Waals surface area contributed by atoms with E-state index in [0.29, 0.717) is 6.54 Å². The average Bonchev–Trinajstić information content (AvgIpc) is 2.27. The summed E-state index contributed by atoms with van der Waals surface area (Å²) >= 11 is 0. The van der Waals surface area contributed by atoms with Crippen LogP contribution in [0.5, 0.6) is 0 Å². The maximum atomic E-state index is 11.3. The monoisotopic (exact) mass is 219 g/mol. The molecule has 1 fully saturated rings. The van der Waals surface area contributed by atoms with Gasteiger partial charge >= 0.3 is 5.97 Å². The molecule has 0 saturated carbocycles. The van der Waals surface area contributed by atoms with Gasteiger partial charge in [-0.1, -0.05) is 30.3 Å². The average molecular weight is 219 g/mol. The molecule has 2 rings (SSSR count). The Morgan fingerprint density at radius 3 is 2.56 bits per heavy atom.